The molecule has 0 saturated carbocycles. The summed E-state index contributed by atoms with van der Waals surface area (Å²) >= 11 is 0. The number of nitrogens with zero attached hydrogens (tertiary/aromatic N) is 1. The van der Waals surface area contributed by atoms with Gasteiger partial charge in [-0.1, -0.05) is 12.1 Å². The molecule has 1 heterocycles. The van der Waals surface area contributed by atoms with Gasteiger partial charge in [0.25, 0.3) is 5.91 Å². The number of carbonyl (C=O) groups is 1. The first-order chi connectivity index (χ1) is 14.1. The predicted octanol–water partition coefficient (Wildman–Crippen LogP) is 3.95. The van der Waals surface area contributed by atoms with Gasteiger partial charge in [-0.15, -0.1) is 0 Å². The van der Waals surface area contributed by atoms with Crippen molar-refractivity contribution >= 4 is 17.3 Å². The SMILES string of the molecule is COc1ccc(Nc2cncc(C(=O)NCCc3ccc(F)cc3)c2)c(OC)c1. The Labute approximate surface area is 168 Å². The van der Waals surface area contributed by atoms with Crippen LogP contribution < -0.4 is 20.1 Å². The standard InChI is InChI=1S/C22H22FN3O3/c1-28-19-7-8-20(21(12-19)29-2)26-18-11-16(13-24-14-18)22(27)25-10-9-15-3-5-17(23)6-4-15/h3-8,11-14,26H,9-10H2,1-2H3,(H,25,27). The monoisotopic (exact) mass is 395 g/mol. The van der Waals surface area contributed by atoms with Gasteiger partial charge in [0.15, 0.2) is 0 Å². The highest BCUT2D eigenvalue weighted by Crippen LogP contribution is 2.31. The molecule has 6 nitrogen and oxygen atoms in total. The fourth-order valence-electron chi connectivity index (χ4n) is 2.76. The second kappa shape index (κ2) is 9.54. The Hall–Kier alpha value is -3.61. The van der Waals surface area contributed by atoms with E-state index >= 15 is 0 Å². The molecular weight excluding hydrogens is 373 g/mol. The Bertz CT molecular complexity index is 977. The summed E-state index contributed by atoms with van der Waals surface area (Å²) in [5, 5.41) is 6.05. The second-order valence-corrected chi connectivity index (χ2v) is 6.29. The maximum atomic E-state index is 12.9. The smallest absolute Gasteiger partial charge is 0.252 e. The molecule has 0 unspecified atom stereocenters. The molecule has 3 aromatic rings. The van der Waals surface area contributed by atoms with Gasteiger partial charge in [-0.3, -0.25) is 9.78 Å². The molecule has 0 fully saturated rings. The van der Waals surface area contributed by atoms with Crippen LogP contribution in [0.5, 0.6) is 11.5 Å². The summed E-state index contributed by atoms with van der Waals surface area (Å²) in [6.07, 6.45) is 3.74. The summed E-state index contributed by atoms with van der Waals surface area (Å²) in [5.41, 5.74) is 2.76. The number of halogens is 1. The Morgan fingerprint density at radius 3 is 2.55 bits per heavy atom. The van der Waals surface area contributed by atoms with Crippen molar-refractivity contribution < 1.29 is 18.7 Å². The number of nitrogens with one attached hydrogen (secondary N) is 2. The Kier molecular flexibility index (Phi) is 6.63. The summed E-state index contributed by atoms with van der Waals surface area (Å²) in [7, 11) is 3.16. The van der Waals surface area contributed by atoms with Gasteiger partial charge in [-0.25, -0.2) is 4.39 Å². The van der Waals surface area contributed by atoms with Crippen molar-refractivity contribution in [3.63, 3.8) is 0 Å². The van der Waals surface area contributed by atoms with Crippen LogP contribution in [-0.4, -0.2) is 31.7 Å². The van der Waals surface area contributed by atoms with Crippen molar-refractivity contribution in [1.82, 2.24) is 10.3 Å². The zero-order valence-corrected chi connectivity index (χ0v) is 16.2. The number of rotatable bonds is 8. The van der Waals surface area contributed by atoms with E-state index in [1.807, 2.05) is 12.1 Å². The van der Waals surface area contributed by atoms with Gasteiger partial charge in [-0.05, 0) is 42.3 Å². The first kappa shape index (κ1) is 20.1. The fraction of sp³-hybridized carbons (Fsp3) is 0.182. The molecule has 0 bridgehead atoms. The number of pyridine rings is 1. The van der Waals surface area contributed by atoms with Crippen LogP contribution in [0.2, 0.25) is 0 Å². The number of benzene rings is 2. The number of aromatic nitrogens is 1. The minimum Gasteiger partial charge on any atom is -0.497 e. The van der Waals surface area contributed by atoms with E-state index in [1.54, 1.807) is 44.7 Å². The Balaban J connectivity index is 1.63. The molecule has 2 N–H and O–H groups in total. The molecule has 1 aromatic heterocycles. The average molecular weight is 395 g/mol. The van der Waals surface area contributed by atoms with E-state index in [4.69, 9.17) is 9.47 Å². The van der Waals surface area contributed by atoms with Crippen LogP contribution in [-0.2, 0) is 6.42 Å². The Morgan fingerprint density at radius 1 is 1.03 bits per heavy atom. The summed E-state index contributed by atoms with van der Waals surface area (Å²) in [4.78, 5) is 16.6. The highest BCUT2D eigenvalue weighted by molar-refractivity contribution is 5.94. The second-order valence-electron chi connectivity index (χ2n) is 6.29. The number of hydrogen-bond donors (Lipinski definition) is 2. The average Bonchev–Trinajstić information content (AvgIpc) is 2.75. The van der Waals surface area contributed by atoms with Crippen LogP contribution >= 0.6 is 0 Å². The van der Waals surface area contributed by atoms with Crippen LogP contribution in [0.25, 0.3) is 0 Å². The normalized spacial score (nSPS) is 10.3. The van der Waals surface area contributed by atoms with Gasteiger partial charge in [0, 0.05) is 18.8 Å². The molecule has 0 aliphatic heterocycles. The highest BCUT2D eigenvalue weighted by atomic mass is 19.1. The predicted molar refractivity (Wildman–Crippen MR) is 110 cm³/mol. The van der Waals surface area contributed by atoms with E-state index in [2.05, 4.69) is 15.6 Å². The van der Waals surface area contributed by atoms with E-state index in [1.165, 1.54) is 18.3 Å². The summed E-state index contributed by atoms with van der Waals surface area (Å²) < 4.78 is 23.5. The van der Waals surface area contributed by atoms with Gasteiger partial charge in [0.05, 0.1) is 37.4 Å². The molecule has 0 spiro atoms. The summed E-state index contributed by atoms with van der Waals surface area (Å²) in [5.74, 6) is 0.782. The lowest BCUT2D eigenvalue weighted by atomic mass is 10.1. The molecule has 0 saturated heterocycles. The van der Waals surface area contributed by atoms with E-state index in [9.17, 15) is 9.18 Å². The number of methoxy groups -OCH3 is 2. The van der Waals surface area contributed by atoms with Crippen molar-refractivity contribution in [2.24, 2.45) is 0 Å². The number of carbonyl (C=O) groups excluding carboxylic acids is 1. The number of ether oxygens (including phenoxy) is 2. The molecule has 0 atom stereocenters. The largest absolute Gasteiger partial charge is 0.497 e. The zero-order valence-electron chi connectivity index (χ0n) is 16.2. The highest BCUT2D eigenvalue weighted by Gasteiger charge is 2.09. The third-order valence-corrected chi connectivity index (χ3v) is 4.30. The van der Waals surface area contributed by atoms with Gasteiger partial charge in [0.1, 0.15) is 17.3 Å². The van der Waals surface area contributed by atoms with E-state index < -0.39 is 0 Å². The number of anilines is 2. The van der Waals surface area contributed by atoms with Gasteiger partial charge in [-0.2, -0.15) is 0 Å². The van der Waals surface area contributed by atoms with Gasteiger partial charge in [0.2, 0.25) is 0 Å². The van der Waals surface area contributed by atoms with E-state index in [-0.39, 0.29) is 11.7 Å². The van der Waals surface area contributed by atoms with Crippen LogP contribution in [0, 0.1) is 5.82 Å². The lowest BCUT2D eigenvalue weighted by Gasteiger charge is -2.13. The summed E-state index contributed by atoms with van der Waals surface area (Å²) in [6.45, 7) is 0.439. The Morgan fingerprint density at radius 2 is 1.83 bits per heavy atom. The first-order valence-electron chi connectivity index (χ1n) is 9.06. The molecule has 3 rings (SSSR count). The molecule has 2 aromatic carbocycles. The van der Waals surface area contributed by atoms with E-state index in [0.29, 0.717) is 35.7 Å². The third kappa shape index (κ3) is 5.44. The van der Waals surface area contributed by atoms with Crippen molar-refractivity contribution in [1.29, 1.82) is 0 Å². The van der Waals surface area contributed by atoms with Crippen molar-refractivity contribution in [2.45, 2.75) is 6.42 Å². The van der Waals surface area contributed by atoms with Gasteiger partial charge >= 0.3 is 0 Å². The minimum absolute atomic E-state index is 0.232. The van der Waals surface area contributed by atoms with Gasteiger partial charge < -0.3 is 20.1 Å². The molecule has 150 valence electrons. The molecule has 1 amide bonds. The van der Waals surface area contributed by atoms with E-state index in [0.717, 1.165) is 11.3 Å². The van der Waals surface area contributed by atoms with Crippen LogP contribution in [0.3, 0.4) is 0 Å². The van der Waals surface area contributed by atoms with Crippen LogP contribution in [0.4, 0.5) is 15.8 Å². The molecule has 0 radical (unpaired) electrons. The lowest BCUT2D eigenvalue weighted by Crippen LogP contribution is -2.25. The quantitative estimate of drug-likeness (QED) is 0.604. The number of hydrogen-bond acceptors (Lipinski definition) is 5. The first-order valence-corrected chi connectivity index (χ1v) is 9.06. The van der Waals surface area contributed by atoms with Crippen LogP contribution in [0.1, 0.15) is 15.9 Å². The molecule has 29 heavy (non-hydrogen) atoms. The summed E-state index contributed by atoms with van der Waals surface area (Å²) in [6, 6.07) is 13.3. The fourth-order valence-corrected chi connectivity index (χ4v) is 2.76. The topological polar surface area (TPSA) is 72.5 Å². The maximum absolute atomic E-state index is 12.9. The van der Waals surface area contributed by atoms with Crippen molar-refractivity contribution in [3.05, 3.63) is 77.9 Å². The lowest BCUT2D eigenvalue weighted by molar-refractivity contribution is 0.0954. The third-order valence-electron chi connectivity index (χ3n) is 4.30. The zero-order chi connectivity index (χ0) is 20.6. The van der Waals surface area contributed by atoms with Crippen molar-refractivity contribution in [3.8, 4) is 11.5 Å². The molecular formula is C22H22FN3O3. The molecule has 0 aliphatic rings. The maximum Gasteiger partial charge on any atom is 0.252 e. The molecule has 0 aliphatic carbocycles. The van der Waals surface area contributed by atoms with Crippen molar-refractivity contribution in [2.75, 3.05) is 26.1 Å². The minimum atomic E-state index is -0.276. The van der Waals surface area contributed by atoms with Crippen LogP contribution in [0.15, 0.2) is 60.9 Å². The number of amides is 1. The molecule has 7 heteroatoms.